The van der Waals surface area contributed by atoms with Crippen LogP contribution in [0.5, 0.6) is 0 Å². The maximum absolute atomic E-state index is 13.3. The van der Waals surface area contributed by atoms with Crippen molar-refractivity contribution in [3.63, 3.8) is 0 Å². The quantitative estimate of drug-likeness (QED) is 0.770. The van der Waals surface area contributed by atoms with E-state index in [1.165, 1.54) is 12.1 Å². The number of piperidine rings is 1. The number of carbonyl (C=O) groups excluding carboxylic acids is 1. The molecule has 3 heterocycles. The fourth-order valence-corrected chi connectivity index (χ4v) is 3.66. The zero-order valence-corrected chi connectivity index (χ0v) is 15.2. The van der Waals surface area contributed by atoms with Crippen molar-refractivity contribution in [3.8, 4) is 0 Å². The molecule has 1 aliphatic rings. The molecule has 1 fully saturated rings. The Labute approximate surface area is 157 Å². The molecule has 140 valence electrons. The third kappa shape index (κ3) is 3.68. The van der Waals surface area contributed by atoms with Gasteiger partial charge in [-0.3, -0.25) is 14.1 Å². The topological polar surface area (TPSA) is 62.5 Å². The van der Waals surface area contributed by atoms with Crippen molar-refractivity contribution >= 4 is 17.2 Å². The van der Waals surface area contributed by atoms with Crippen LogP contribution in [0, 0.1) is 5.82 Å². The average Bonchev–Trinajstić information content (AvgIpc) is 3.12. The number of halogens is 1. The number of likely N-dealkylation sites (tertiary alicyclic amines) is 1. The third-order valence-electron chi connectivity index (χ3n) is 5.25. The Balaban J connectivity index is 1.37. The first-order chi connectivity index (χ1) is 13.1. The summed E-state index contributed by atoms with van der Waals surface area (Å²) < 4.78 is 15.3. The average molecular weight is 367 g/mol. The second kappa shape index (κ2) is 7.44. The maximum atomic E-state index is 13.3. The summed E-state index contributed by atoms with van der Waals surface area (Å²) in [5.41, 5.74) is 1.34. The van der Waals surface area contributed by atoms with E-state index in [4.69, 9.17) is 0 Å². The first kappa shape index (κ1) is 17.6. The van der Waals surface area contributed by atoms with Gasteiger partial charge < -0.3 is 5.32 Å². The monoisotopic (exact) mass is 367 g/mol. The summed E-state index contributed by atoms with van der Waals surface area (Å²) in [7, 11) is 0. The van der Waals surface area contributed by atoms with Gasteiger partial charge in [0.1, 0.15) is 11.6 Å². The van der Waals surface area contributed by atoms with Gasteiger partial charge in [0.05, 0.1) is 6.04 Å². The number of amides is 1. The fraction of sp³-hybridized carbons (Fsp3) is 0.350. The first-order valence-electron chi connectivity index (χ1n) is 9.22. The summed E-state index contributed by atoms with van der Waals surface area (Å²) in [5.74, 6) is 0.841. The van der Waals surface area contributed by atoms with E-state index in [0.29, 0.717) is 11.6 Å². The highest BCUT2D eigenvalue weighted by atomic mass is 19.1. The molecule has 1 atom stereocenters. The van der Waals surface area contributed by atoms with Crippen molar-refractivity contribution in [2.24, 2.45) is 0 Å². The minimum Gasteiger partial charge on any atom is -0.325 e. The summed E-state index contributed by atoms with van der Waals surface area (Å²) in [6.07, 6.45) is 3.84. The van der Waals surface area contributed by atoms with Gasteiger partial charge in [0.15, 0.2) is 5.65 Å². The van der Waals surface area contributed by atoms with Crippen LogP contribution in [0.1, 0.15) is 31.5 Å². The van der Waals surface area contributed by atoms with Gasteiger partial charge in [-0.1, -0.05) is 12.1 Å². The molecule has 1 aliphatic heterocycles. The minimum atomic E-state index is -0.359. The van der Waals surface area contributed by atoms with Gasteiger partial charge in [-0.2, -0.15) is 0 Å². The van der Waals surface area contributed by atoms with Crippen LogP contribution in [-0.2, 0) is 4.79 Å². The van der Waals surface area contributed by atoms with E-state index in [9.17, 15) is 9.18 Å². The number of hydrogen-bond donors (Lipinski definition) is 1. The smallest absolute Gasteiger partial charge is 0.241 e. The zero-order chi connectivity index (χ0) is 18.8. The highest BCUT2D eigenvalue weighted by Crippen LogP contribution is 2.28. The summed E-state index contributed by atoms with van der Waals surface area (Å²) in [4.78, 5) is 14.7. The lowest BCUT2D eigenvalue weighted by Crippen LogP contribution is -2.45. The molecule has 0 aliphatic carbocycles. The van der Waals surface area contributed by atoms with Crippen molar-refractivity contribution in [1.82, 2.24) is 19.5 Å². The Bertz CT molecular complexity index is 948. The van der Waals surface area contributed by atoms with Gasteiger partial charge in [0.25, 0.3) is 0 Å². The zero-order valence-electron chi connectivity index (χ0n) is 15.2. The molecule has 1 aromatic carbocycles. The Morgan fingerprint density at radius 2 is 2.00 bits per heavy atom. The second-order valence-corrected chi connectivity index (χ2v) is 6.97. The number of pyridine rings is 1. The van der Waals surface area contributed by atoms with Crippen molar-refractivity contribution < 1.29 is 9.18 Å². The number of hydrogen-bond acceptors (Lipinski definition) is 4. The van der Waals surface area contributed by atoms with Gasteiger partial charge in [-0.15, -0.1) is 10.2 Å². The molecule has 0 radical (unpaired) electrons. The third-order valence-corrected chi connectivity index (χ3v) is 5.25. The molecular formula is C20H22FN5O. The Morgan fingerprint density at radius 1 is 1.19 bits per heavy atom. The highest BCUT2D eigenvalue weighted by Gasteiger charge is 2.29. The van der Waals surface area contributed by atoms with Crippen LogP contribution < -0.4 is 5.32 Å². The molecule has 0 unspecified atom stereocenters. The van der Waals surface area contributed by atoms with Crippen molar-refractivity contribution in [3.05, 3.63) is 60.3 Å². The van der Waals surface area contributed by atoms with E-state index in [1.54, 1.807) is 12.1 Å². The van der Waals surface area contributed by atoms with Gasteiger partial charge in [-0.05, 0) is 63.2 Å². The van der Waals surface area contributed by atoms with Crippen LogP contribution in [0.3, 0.4) is 0 Å². The Kier molecular flexibility index (Phi) is 4.85. The number of rotatable bonds is 4. The van der Waals surface area contributed by atoms with Crippen LogP contribution in [-0.4, -0.2) is 44.5 Å². The molecule has 6 nitrogen and oxygen atoms in total. The summed E-state index contributed by atoms with van der Waals surface area (Å²) >= 11 is 0. The van der Waals surface area contributed by atoms with E-state index in [0.717, 1.165) is 37.4 Å². The summed E-state index contributed by atoms with van der Waals surface area (Å²) in [6, 6.07) is 11.6. The predicted octanol–water partition coefficient (Wildman–Crippen LogP) is 3.08. The van der Waals surface area contributed by atoms with Crippen LogP contribution in [0.15, 0.2) is 48.7 Å². The fourth-order valence-electron chi connectivity index (χ4n) is 3.66. The summed E-state index contributed by atoms with van der Waals surface area (Å²) in [5, 5.41) is 11.4. The molecule has 27 heavy (non-hydrogen) atoms. The summed E-state index contributed by atoms with van der Waals surface area (Å²) in [6.45, 7) is 3.51. The number of aromatic nitrogens is 3. The van der Waals surface area contributed by atoms with Crippen LogP contribution in [0.25, 0.3) is 5.65 Å². The van der Waals surface area contributed by atoms with Gasteiger partial charge in [0, 0.05) is 17.8 Å². The Hall–Kier alpha value is -2.80. The molecular weight excluding hydrogens is 345 g/mol. The molecule has 4 rings (SSSR count). The molecule has 7 heteroatoms. The minimum absolute atomic E-state index is 0.119. The van der Waals surface area contributed by atoms with E-state index in [2.05, 4.69) is 20.4 Å². The molecule has 3 aromatic rings. The van der Waals surface area contributed by atoms with Crippen molar-refractivity contribution in [2.75, 3.05) is 18.4 Å². The number of carbonyl (C=O) groups is 1. The molecule has 2 aromatic heterocycles. The number of nitrogens with one attached hydrogen (secondary N) is 1. The standard InChI is InChI=1S/C20H22FN5O/c1-14(20(27)22-17-6-4-5-16(21)13-17)25-11-8-15(9-12-25)19-24-23-18-7-2-3-10-26(18)19/h2-7,10,13-15H,8-9,11-12H2,1H3,(H,22,27)/t14-/m1/s1. The largest absolute Gasteiger partial charge is 0.325 e. The van der Waals surface area contributed by atoms with Gasteiger partial charge in [0.2, 0.25) is 5.91 Å². The van der Waals surface area contributed by atoms with E-state index < -0.39 is 0 Å². The normalized spacial score (nSPS) is 17.1. The first-order valence-corrected chi connectivity index (χ1v) is 9.22. The lowest BCUT2D eigenvalue weighted by molar-refractivity contribution is -0.121. The van der Waals surface area contributed by atoms with Crippen LogP contribution in [0.2, 0.25) is 0 Å². The lowest BCUT2D eigenvalue weighted by atomic mass is 9.95. The van der Waals surface area contributed by atoms with Crippen LogP contribution >= 0.6 is 0 Å². The van der Waals surface area contributed by atoms with Gasteiger partial charge >= 0.3 is 0 Å². The maximum Gasteiger partial charge on any atom is 0.241 e. The molecule has 1 amide bonds. The Morgan fingerprint density at radius 3 is 2.78 bits per heavy atom. The SMILES string of the molecule is C[C@H](C(=O)Nc1cccc(F)c1)N1CCC(c2nnc3ccccn23)CC1. The van der Waals surface area contributed by atoms with Gasteiger partial charge in [-0.25, -0.2) is 4.39 Å². The van der Waals surface area contributed by atoms with Crippen molar-refractivity contribution in [1.29, 1.82) is 0 Å². The molecule has 1 N–H and O–H groups in total. The van der Waals surface area contributed by atoms with Crippen molar-refractivity contribution in [2.45, 2.75) is 31.7 Å². The van der Waals surface area contributed by atoms with E-state index in [-0.39, 0.29) is 17.8 Å². The lowest BCUT2D eigenvalue weighted by Gasteiger charge is -2.34. The number of anilines is 1. The van der Waals surface area contributed by atoms with E-state index in [1.807, 2.05) is 35.7 Å². The highest BCUT2D eigenvalue weighted by molar-refractivity contribution is 5.94. The second-order valence-electron chi connectivity index (χ2n) is 6.97. The number of benzene rings is 1. The predicted molar refractivity (Wildman–Crippen MR) is 101 cm³/mol. The molecule has 0 saturated carbocycles. The number of nitrogens with zero attached hydrogens (tertiary/aromatic N) is 4. The molecule has 1 saturated heterocycles. The van der Waals surface area contributed by atoms with E-state index >= 15 is 0 Å². The van der Waals surface area contributed by atoms with Crippen LogP contribution in [0.4, 0.5) is 10.1 Å². The molecule has 0 bridgehead atoms. The molecule has 0 spiro atoms. The number of fused-ring (bicyclic) bond motifs is 1.